The van der Waals surface area contributed by atoms with Crippen LogP contribution in [0.15, 0.2) is 47.6 Å². The van der Waals surface area contributed by atoms with Gasteiger partial charge in [-0.15, -0.1) is 0 Å². The zero-order valence-corrected chi connectivity index (χ0v) is 17.4. The molecule has 0 spiro atoms. The highest BCUT2D eigenvalue weighted by atomic mass is 16.5. The van der Waals surface area contributed by atoms with Crippen LogP contribution < -0.4 is 20.2 Å². The lowest BCUT2D eigenvalue weighted by molar-refractivity contribution is -0.120. The van der Waals surface area contributed by atoms with Crippen LogP contribution in [0.4, 0.5) is 0 Å². The van der Waals surface area contributed by atoms with Crippen LogP contribution in [-0.2, 0) is 10.2 Å². The fraction of sp³-hybridized carbons (Fsp3) is 0.318. The number of carbonyl (C=O) groups excluding carboxylic acids is 2. The van der Waals surface area contributed by atoms with Gasteiger partial charge in [0.15, 0.2) is 0 Å². The fourth-order valence-corrected chi connectivity index (χ4v) is 2.52. The van der Waals surface area contributed by atoms with Crippen LogP contribution in [0.2, 0.25) is 0 Å². The molecule has 0 unspecified atom stereocenters. The Bertz CT molecular complexity index is 884. The summed E-state index contributed by atoms with van der Waals surface area (Å²) in [5.41, 5.74) is 4.70. The third-order valence-corrected chi connectivity index (χ3v) is 4.26. The van der Waals surface area contributed by atoms with Crippen LogP contribution >= 0.6 is 0 Å². The van der Waals surface area contributed by atoms with E-state index in [4.69, 9.17) is 9.47 Å². The highest BCUT2D eigenvalue weighted by molar-refractivity contribution is 5.96. The van der Waals surface area contributed by atoms with Crippen molar-refractivity contribution in [1.82, 2.24) is 10.7 Å². The fourth-order valence-electron chi connectivity index (χ4n) is 2.52. The van der Waals surface area contributed by atoms with Crippen LogP contribution in [0.1, 0.15) is 42.3 Å². The predicted molar refractivity (Wildman–Crippen MR) is 113 cm³/mol. The summed E-state index contributed by atoms with van der Waals surface area (Å²) in [6, 6.07) is 12.6. The number of carbonyl (C=O) groups is 2. The maximum Gasteiger partial charge on any atom is 0.259 e. The highest BCUT2D eigenvalue weighted by Gasteiger charge is 2.14. The first-order chi connectivity index (χ1) is 13.7. The van der Waals surface area contributed by atoms with Crippen molar-refractivity contribution in [1.29, 1.82) is 0 Å². The number of methoxy groups -OCH3 is 2. The molecular weight excluding hydrogens is 370 g/mol. The third kappa shape index (κ3) is 6.34. The van der Waals surface area contributed by atoms with Crippen molar-refractivity contribution in [2.45, 2.75) is 26.2 Å². The Morgan fingerprint density at radius 2 is 1.72 bits per heavy atom. The van der Waals surface area contributed by atoms with Crippen molar-refractivity contribution in [3.05, 3.63) is 59.2 Å². The number of hydrogen-bond acceptors (Lipinski definition) is 5. The topological polar surface area (TPSA) is 89.0 Å². The largest absolute Gasteiger partial charge is 0.497 e. The van der Waals surface area contributed by atoms with Crippen LogP contribution in [0.3, 0.4) is 0 Å². The second kappa shape index (κ2) is 9.73. The van der Waals surface area contributed by atoms with Gasteiger partial charge in [0.1, 0.15) is 11.5 Å². The summed E-state index contributed by atoms with van der Waals surface area (Å²) in [6.07, 6.45) is 1.46. The average Bonchev–Trinajstić information content (AvgIpc) is 2.71. The lowest BCUT2D eigenvalue weighted by atomic mass is 9.87. The maximum absolute atomic E-state index is 12.2. The molecule has 0 aliphatic heterocycles. The Hall–Kier alpha value is -3.35. The molecule has 0 aromatic heterocycles. The summed E-state index contributed by atoms with van der Waals surface area (Å²) in [7, 11) is 3.10. The van der Waals surface area contributed by atoms with Crippen molar-refractivity contribution in [3.63, 3.8) is 0 Å². The molecule has 2 aromatic rings. The standard InChI is InChI=1S/C22H27N3O4/c1-22(2,3)17-9-6-15(7-10-17)21(27)23-14-20(26)25-24-13-16-8-11-18(28-4)12-19(16)29-5/h6-13H,14H2,1-5H3,(H,23,27)(H,25,26)/b24-13-. The van der Waals surface area contributed by atoms with Crippen molar-refractivity contribution in [3.8, 4) is 11.5 Å². The monoisotopic (exact) mass is 397 g/mol. The highest BCUT2D eigenvalue weighted by Crippen LogP contribution is 2.23. The summed E-state index contributed by atoms with van der Waals surface area (Å²) < 4.78 is 10.4. The minimum Gasteiger partial charge on any atom is -0.497 e. The molecule has 7 nitrogen and oxygen atoms in total. The SMILES string of the molecule is COc1ccc(/C=N\NC(=O)CNC(=O)c2ccc(C(C)(C)C)cc2)c(OC)c1. The molecule has 2 amide bonds. The first kappa shape index (κ1) is 21.9. The van der Waals surface area contributed by atoms with Gasteiger partial charge in [-0.2, -0.15) is 5.10 Å². The van der Waals surface area contributed by atoms with E-state index in [1.165, 1.54) is 13.3 Å². The lowest BCUT2D eigenvalue weighted by Gasteiger charge is -2.19. The van der Waals surface area contributed by atoms with E-state index in [2.05, 4.69) is 36.6 Å². The van der Waals surface area contributed by atoms with Crippen molar-refractivity contribution in [2.24, 2.45) is 5.10 Å². The van der Waals surface area contributed by atoms with Crippen LogP contribution in [0.25, 0.3) is 0 Å². The normalized spacial score (nSPS) is 11.2. The minimum absolute atomic E-state index is 0.0134. The molecular formula is C22H27N3O4. The Morgan fingerprint density at radius 3 is 2.31 bits per heavy atom. The van der Waals surface area contributed by atoms with Gasteiger partial charge in [0.25, 0.3) is 11.8 Å². The van der Waals surface area contributed by atoms with Gasteiger partial charge in [-0.3, -0.25) is 9.59 Å². The van der Waals surface area contributed by atoms with Gasteiger partial charge < -0.3 is 14.8 Å². The number of nitrogens with zero attached hydrogens (tertiary/aromatic N) is 1. The van der Waals surface area contributed by atoms with Gasteiger partial charge in [0.2, 0.25) is 0 Å². The number of nitrogens with one attached hydrogen (secondary N) is 2. The molecule has 0 aliphatic carbocycles. The molecule has 0 radical (unpaired) electrons. The van der Waals surface area contributed by atoms with E-state index in [-0.39, 0.29) is 17.9 Å². The van der Waals surface area contributed by atoms with Crippen LogP contribution in [-0.4, -0.2) is 38.8 Å². The van der Waals surface area contributed by atoms with E-state index in [1.54, 1.807) is 37.4 Å². The molecule has 2 rings (SSSR count). The van der Waals surface area contributed by atoms with Crippen molar-refractivity contribution >= 4 is 18.0 Å². The van der Waals surface area contributed by atoms with E-state index >= 15 is 0 Å². The number of amides is 2. The van der Waals surface area contributed by atoms with E-state index in [9.17, 15) is 9.59 Å². The number of hydrogen-bond donors (Lipinski definition) is 2. The summed E-state index contributed by atoms with van der Waals surface area (Å²) in [5, 5.41) is 6.48. The van der Waals surface area contributed by atoms with Gasteiger partial charge in [0, 0.05) is 17.2 Å². The van der Waals surface area contributed by atoms with Gasteiger partial charge in [0.05, 0.1) is 27.0 Å². The number of ether oxygens (including phenoxy) is 2. The van der Waals surface area contributed by atoms with Gasteiger partial charge in [-0.25, -0.2) is 5.43 Å². The predicted octanol–water partition coefficient (Wildman–Crippen LogP) is 2.88. The van der Waals surface area contributed by atoms with Gasteiger partial charge in [-0.1, -0.05) is 32.9 Å². The van der Waals surface area contributed by atoms with E-state index < -0.39 is 5.91 Å². The molecule has 0 bridgehead atoms. The molecule has 2 aromatic carbocycles. The quantitative estimate of drug-likeness (QED) is 0.555. The molecule has 7 heteroatoms. The lowest BCUT2D eigenvalue weighted by Crippen LogP contribution is -2.34. The van der Waals surface area contributed by atoms with Crippen LogP contribution in [0, 0.1) is 0 Å². The summed E-state index contributed by atoms with van der Waals surface area (Å²) >= 11 is 0. The Morgan fingerprint density at radius 1 is 1.03 bits per heavy atom. The van der Waals surface area contributed by atoms with Gasteiger partial charge in [-0.05, 0) is 35.2 Å². The molecule has 0 saturated heterocycles. The van der Waals surface area contributed by atoms with Crippen molar-refractivity contribution < 1.29 is 19.1 Å². The maximum atomic E-state index is 12.2. The number of hydrazone groups is 1. The molecule has 0 atom stereocenters. The molecule has 154 valence electrons. The molecule has 0 aliphatic rings. The summed E-state index contributed by atoms with van der Waals surface area (Å²) in [6.45, 7) is 6.13. The Kier molecular flexibility index (Phi) is 7.36. The van der Waals surface area contributed by atoms with E-state index in [1.807, 2.05) is 12.1 Å². The smallest absolute Gasteiger partial charge is 0.259 e. The van der Waals surface area contributed by atoms with Crippen LogP contribution in [0.5, 0.6) is 11.5 Å². The molecule has 2 N–H and O–H groups in total. The molecule has 29 heavy (non-hydrogen) atoms. The second-order valence-electron chi connectivity index (χ2n) is 7.41. The Labute approximate surface area is 171 Å². The summed E-state index contributed by atoms with van der Waals surface area (Å²) in [4.78, 5) is 24.1. The van der Waals surface area contributed by atoms with Crippen molar-refractivity contribution in [2.75, 3.05) is 20.8 Å². The molecule has 0 heterocycles. The minimum atomic E-state index is -0.437. The third-order valence-electron chi connectivity index (χ3n) is 4.26. The first-order valence-corrected chi connectivity index (χ1v) is 9.17. The molecule has 0 saturated carbocycles. The Balaban J connectivity index is 1.87. The first-order valence-electron chi connectivity index (χ1n) is 9.17. The van der Waals surface area contributed by atoms with E-state index in [0.29, 0.717) is 22.6 Å². The second-order valence-corrected chi connectivity index (χ2v) is 7.41. The number of rotatable bonds is 7. The summed E-state index contributed by atoms with van der Waals surface area (Å²) in [5.74, 6) is 0.463. The molecule has 0 fully saturated rings. The van der Waals surface area contributed by atoms with Gasteiger partial charge >= 0.3 is 0 Å². The number of benzene rings is 2. The zero-order chi connectivity index (χ0) is 21.4. The van der Waals surface area contributed by atoms with E-state index in [0.717, 1.165) is 5.56 Å². The zero-order valence-electron chi connectivity index (χ0n) is 17.4. The average molecular weight is 397 g/mol.